The molecule has 0 saturated carbocycles. The maximum atomic E-state index is 13.7. The monoisotopic (exact) mass is 472 g/mol. The molecule has 1 aliphatic carbocycles. The summed E-state index contributed by atoms with van der Waals surface area (Å²) in [5.74, 6) is -0.143. The molecule has 1 aromatic carbocycles. The maximum absolute atomic E-state index is 13.7. The van der Waals surface area contributed by atoms with Crippen LogP contribution in [-0.2, 0) is 25.4 Å². The quantitative estimate of drug-likeness (QED) is 0.620. The summed E-state index contributed by atoms with van der Waals surface area (Å²) in [7, 11) is 1.75. The van der Waals surface area contributed by atoms with Crippen molar-refractivity contribution >= 4 is 5.91 Å². The molecule has 0 saturated heterocycles. The summed E-state index contributed by atoms with van der Waals surface area (Å²) in [6.45, 7) is 0.295. The van der Waals surface area contributed by atoms with E-state index in [1.165, 1.54) is 24.3 Å². The van der Waals surface area contributed by atoms with Gasteiger partial charge in [-0.05, 0) is 55.5 Å². The Morgan fingerprint density at radius 1 is 1.18 bits per heavy atom. The van der Waals surface area contributed by atoms with Gasteiger partial charge in [0.2, 0.25) is 0 Å². The summed E-state index contributed by atoms with van der Waals surface area (Å²) in [6.07, 6.45) is 0.794. The molecule has 34 heavy (non-hydrogen) atoms. The van der Waals surface area contributed by atoms with Gasteiger partial charge in [0.05, 0.1) is 12.3 Å². The number of pyridine rings is 1. The average molecular weight is 472 g/mol. The molecule has 0 unspecified atom stereocenters. The van der Waals surface area contributed by atoms with Crippen LogP contribution < -0.4 is 14.8 Å². The molecule has 178 valence electrons. The van der Waals surface area contributed by atoms with Gasteiger partial charge in [-0.2, -0.15) is 5.10 Å². The summed E-state index contributed by atoms with van der Waals surface area (Å²) < 4.78 is 49.4. The lowest BCUT2D eigenvalue weighted by Gasteiger charge is -2.39. The van der Waals surface area contributed by atoms with E-state index in [1.54, 1.807) is 30.1 Å². The van der Waals surface area contributed by atoms with Crippen LogP contribution in [0.25, 0.3) is 0 Å². The van der Waals surface area contributed by atoms with Crippen molar-refractivity contribution in [3.05, 3.63) is 70.8 Å². The number of hydrogen-bond acceptors (Lipinski definition) is 5. The number of benzene rings is 1. The molecule has 1 atom stereocenters. The lowest BCUT2D eigenvalue weighted by Crippen LogP contribution is -2.50. The van der Waals surface area contributed by atoms with Crippen LogP contribution in [0, 0.1) is 0 Å². The van der Waals surface area contributed by atoms with Crippen LogP contribution in [0.3, 0.4) is 0 Å². The number of aromatic nitrogens is 3. The van der Waals surface area contributed by atoms with Gasteiger partial charge < -0.3 is 14.8 Å². The first-order valence-electron chi connectivity index (χ1n) is 11.1. The molecule has 0 radical (unpaired) electrons. The topological polar surface area (TPSA) is 78.3 Å². The van der Waals surface area contributed by atoms with Gasteiger partial charge in [-0.15, -0.1) is 13.2 Å². The number of hydrogen-bond donors (Lipinski definition) is 1. The highest BCUT2D eigenvalue weighted by molar-refractivity contribution is 5.95. The molecular formula is C24H23F3N4O3. The van der Waals surface area contributed by atoms with E-state index in [1.807, 2.05) is 0 Å². The van der Waals surface area contributed by atoms with Crippen molar-refractivity contribution in [2.75, 3.05) is 6.61 Å². The Kier molecular flexibility index (Phi) is 5.45. The normalized spacial score (nSPS) is 19.5. The predicted molar refractivity (Wildman–Crippen MR) is 116 cm³/mol. The van der Waals surface area contributed by atoms with E-state index in [2.05, 4.69) is 20.1 Å². The van der Waals surface area contributed by atoms with Crippen LogP contribution in [0.5, 0.6) is 11.5 Å². The van der Waals surface area contributed by atoms with E-state index in [-0.39, 0.29) is 11.7 Å². The second-order valence-corrected chi connectivity index (χ2v) is 8.48. The fourth-order valence-corrected chi connectivity index (χ4v) is 4.89. The van der Waals surface area contributed by atoms with Crippen LogP contribution in [0.2, 0.25) is 0 Å². The zero-order chi connectivity index (χ0) is 23.9. The minimum absolute atomic E-state index is 0.295. The number of nitrogens with zero attached hydrogens (tertiary/aromatic N) is 3. The first kappa shape index (κ1) is 22.2. The Bertz CT molecular complexity index is 1220. The highest BCUT2D eigenvalue weighted by Crippen LogP contribution is 2.41. The van der Waals surface area contributed by atoms with Gasteiger partial charge in [-0.25, -0.2) is 0 Å². The number of nitrogens with one attached hydrogen (secondary N) is 1. The van der Waals surface area contributed by atoms with Crippen LogP contribution in [0.1, 0.15) is 52.3 Å². The van der Waals surface area contributed by atoms with Crippen LogP contribution in [0.4, 0.5) is 13.2 Å². The molecule has 1 aliphatic heterocycles. The molecule has 3 aromatic rings. The first-order chi connectivity index (χ1) is 16.3. The molecule has 0 fully saturated rings. The number of carbonyl (C=O) groups is 1. The number of carbonyl (C=O) groups excluding carboxylic acids is 1. The highest BCUT2D eigenvalue weighted by atomic mass is 19.4. The van der Waals surface area contributed by atoms with E-state index in [0.29, 0.717) is 35.7 Å². The zero-order valence-corrected chi connectivity index (χ0v) is 18.5. The van der Waals surface area contributed by atoms with Gasteiger partial charge in [-0.1, -0.05) is 12.1 Å². The number of ether oxygens (including phenoxy) is 2. The summed E-state index contributed by atoms with van der Waals surface area (Å²) in [5, 5.41) is 7.70. The molecule has 1 amide bonds. The van der Waals surface area contributed by atoms with Crippen molar-refractivity contribution in [1.29, 1.82) is 0 Å². The van der Waals surface area contributed by atoms with Gasteiger partial charge in [-0.3, -0.25) is 14.5 Å². The second kappa shape index (κ2) is 8.34. The van der Waals surface area contributed by atoms with E-state index in [9.17, 15) is 18.0 Å². The molecule has 0 bridgehead atoms. The first-order valence-corrected chi connectivity index (χ1v) is 11.1. The minimum atomic E-state index is -4.79. The van der Waals surface area contributed by atoms with Gasteiger partial charge in [0, 0.05) is 25.2 Å². The summed E-state index contributed by atoms with van der Waals surface area (Å²) in [5.41, 5.74) is 2.35. The molecule has 5 rings (SSSR count). The third kappa shape index (κ3) is 3.97. The Morgan fingerprint density at radius 2 is 1.94 bits per heavy atom. The maximum Gasteiger partial charge on any atom is 0.573 e. The van der Waals surface area contributed by atoms with Gasteiger partial charge in [0.15, 0.2) is 0 Å². The van der Waals surface area contributed by atoms with Crippen molar-refractivity contribution in [1.82, 2.24) is 20.1 Å². The number of alkyl halides is 3. The molecule has 3 heterocycles. The smallest absolute Gasteiger partial charge is 0.491 e. The van der Waals surface area contributed by atoms with Crippen molar-refractivity contribution in [2.45, 2.75) is 44.0 Å². The van der Waals surface area contributed by atoms with Gasteiger partial charge in [0.25, 0.3) is 5.91 Å². The average Bonchev–Trinajstić information content (AvgIpc) is 3.14. The zero-order valence-electron chi connectivity index (χ0n) is 18.5. The third-order valence-corrected chi connectivity index (χ3v) is 6.35. The van der Waals surface area contributed by atoms with Crippen molar-refractivity contribution in [2.24, 2.45) is 7.05 Å². The van der Waals surface area contributed by atoms with E-state index < -0.39 is 11.9 Å². The van der Waals surface area contributed by atoms with Crippen molar-refractivity contribution in [3.8, 4) is 11.5 Å². The van der Waals surface area contributed by atoms with E-state index in [0.717, 1.165) is 36.9 Å². The molecule has 10 heteroatoms. The summed E-state index contributed by atoms with van der Waals surface area (Å²) >= 11 is 0. The molecule has 7 nitrogen and oxygen atoms in total. The Morgan fingerprint density at radius 3 is 2.71 bits per heavy atom. The van der Waals surface area contributed by atoms with E-state index >= 15 is 0 Å². The van der Waals surface area contributed by atoms with Crippen LogP contribution in [0.15, 0.2) is 42.6 Å². The van der Waals surface area contributed by atoms with Crippen molar-refractivity contribution in [3.63, 3.8) is 0 Å². The Hall–Kier alpha value is -3.56. The number of amides is 1. The predicted octanol–water partition coefficient (Wildman–Crippen LogP) is 4.05. The van der Waals surface area contributed by atoms with Gasteiger partial charge in [0.1, 0.15) is 28.4 Å². The fourth-order valence-electron chi connectivity index (χ4n) is 4.89. The Labute approximate surface area is 193 Å². The van der Waals surface area contributed by atoms with Crippen LogP contribution in [-0.4, -0.2) is 33.6 Å². The largest absolute Gasteiger partial charge is 0.573 e. The minimum Gasteiger partial charge on any atom is -0.491 e. The number of fused-ring (bicyclic) bond motifs is 2. The van der Waals surface area contributed by atoms with E-state index in [4.69, 9.17) is 4.74 Å². The molecule has 1 N–H and O–H groups in total. The highest BCUT2D eigenvalue weighted by Gasteiger charge is 2.43. The standard InChI is InChI=1S/C24H23F3N4O3/c1-31-20(17-5-2-3-6-18(17)30-31)22(32)29-23(12-14-33-19-7-4-13-28-21(19)23)15-8-10-16(11-9-15)34-24(25,26)27/h4,7-11,13H,2-3,5-6,12,14H2,1H3,(H,29,32)/t23-/m0/s1. The fraction of sp³-hybridized carbons (Fsp3) is 0.375. The summed E-state index contributed by atoms with van der Waals surface area (Å²) in [4.78, 5) is 18.2. The number of rotatable bonds is 4. The Balaban J connectivity index is 1.57. The molecule has 2 aliphatic rings. The van der Waals surface area contributed by atoms with Crippen LogP contribution >= 0.6 is 0 Å². The number of halogens is 3. The molecular weight excluding hydrogens is 449 g/mol. The summed E-state index contributed by atoms with van der Waals surface area (Å²) in [6, 6.07) is 9.00. The second-order valence-electron chi connectivity index (χ2n) is 8.48. The SMILES string of the molecule is Cn1nc2c(c1C(=O)N[C@]1(c3ccc(OC(F)(F)F)cc3)CCOc3cccnc31)CCCC2. The molecule has 0 spiro atoms. The molecule has 2 aromatic heterocycles. The number of aryl methyl sites for hydroxylation is 2. The lowest BCUT2D eigenvalue weighted by atomic mass is 9.81. The third-order valence-electron chi connectivity index (χ3n) is 6.35. The van der Waals surface area contributed by atoms with Crippen molar-refractivity contribution < 1.29 is 27.4 Å². The lowest BCUT2D eigenvalue weighted by molar-refractivity contribution is -0.274. The van der Waals surface area contributed by atoms with Gasteiger partial charge >= 0.3 is 6.36 Å².